The van der Waals surface area contributed by atoms with Gasteiger partial charge < -0.3 is 4.90 Å². The summed E-state index contributed by atoms with van der Waals surface area (Å²) in [7, 11) is 0. The fourth-order valence-corrected chi connectivity index (χ4v) is 8.55. The van der Waals surface area contributed by atoms with Gasteiger partial charge in [-0.15, -0.1) is 11.3 Å². The van der Waals surface area contributed by atoms with E-state index in [2.05, 4.69) is 170 Å². The highest BCUT2D eigenvalue weighted by Crippen LogP contribution is 2.45. The van der Waals surface area contributed by atoms with Gasteiger partial charge in [-0.2, -0.15) is 0 Å². The van der Waals surface area contributed by atoms with E-state index in [1.807, 2.05) is 11.3 Å². The van der Waals surface area contributed by atoms with Crippen LogP contribution in [0.4, 0.5) is 17.1 Å². The molecule has 1 aliphatic carbocycles. The summed E-state index contributed by atoms with van der Waals surface area (Å²) in [6.45, 7) is 4.43. The second kappa shape index (κ2) is 11.1. The van der Waals surface area contributed by atoms with Gasteiger partial charge in [0.15, 0.2) is 0 Å². The van der Waals surface area contributed by atoms with Crippen LogP contribution < -0.4 is 4.90 Å². The van der Waals surface area contributed by atoms with E-state index in [0.29, 0.717) is 0 Å². The zero-order valence-corrected chi connectivity index (χ0v) is 27.3. The summed E-state index contributed by atoms with van der Waals surface area (Å²) in [6.07, 6.45) is 0.938. The van der Waals surface area contributed by atoms with Gasteiger partial charge in [0.2, 0.25) is 0 Å². The summed E-state index contributed by atoms with van der Waals surface area (Å²) < 4.78 is 2.64. The van der Waals surface area contributed by atoms with Crippen LogP contribution in [0.1, 0.15) is 22.3 Å². The van der Waals surface area contributed by atoms with Gasteiger partial charge in [0, 0.05) is 37.2 Å². The lowest BCUT2D eigenvalue weighted by Gasteiger charge is -2.27. The molecule has 0 amide bonds. The molecule has 0 radical (unpaired) electrons. The third kappa shape index (κ3) is 4.76. The van der Waals surface area contributed by atoms with E-state index in [1.54, 1.807) is 0 Å². The Hall–Kier alpha value is -5.44. The first-order chi connectivity index (χ1) is 23.1. The fourth-order valence-electron chi connectivity index (χ4n) is 7.41. The number of benzene rings is 7. The standard InChI is InChI=1S/C45H33NS/c1-29-10-6-7-13-38(29)39-21-17-35(24-30(39)2)46(37-19-23-43-42-14-8-9-15-44(42)47-45(43)28-37)36-18-22-41-34(27-36)26-33-25-32(16-20-40(33)41)31-11-4-3-5-12-31/h3-25,27-28H,26H2,1-2H3. The first kappa shape index (κ1) is 27.8. The number of thiophene rings is 1. The minimum Gasteiger partial charge on any atom is -0.310 e. The van der Waals surface area contributed by atoms with Crippen molar-refractivity contribution in [2.45, 2.75) is 20.3 Å². The molecule has 0 saturated heterocycles. The van der Waals surface area contributed by atoms with E-state index < -0.39 is 0 Å². The highest BCUT2D eigenvalue weighted by atomic mass is 32.1. The SMILES string of the molecule is Cc1ccccc1-c1ccc(N(c2ccc3c(c2)Cc2cc(-c4ccccc4)ccc2-3)c2ccc3c(c2)sc2ccccc23)cc1C. The molecule has 0 saturated carbocycles. The van der Waals surface area contributed by atoms with E-state index >= 15 is 0 Å². The normalized spacial score (nSPS) is 12.0. The van der Waals surface area contributed by atoms with Gasteiger partial charge in [0.05, 0.1) is 0 Å². The van der Waals surface area contributed by atoms with Gasteiger partial charge in [-0.1, -0.05) is 109 Å². The van der Waals surface area contributed by atoms with Crippen molar-refractivity contribution < 1.29 is 0 Å². The molecule has 224 valence electrons. The quantitative estimate of drug-likeness (QED) is 0.185. The number of nitrogens with zero attached hydrogens (tertiary/aromatic N) is 1. The topological polar surface area (TPSA) is 3.24 Å². The van der Waals surface area contributed by atoms with Crippen molar-refractivity contribution in [2.24, 2.45) is 0 Å². The third-order valence-electron chi connectivity index (χ3n) is 9.75. The zero-order chi connectivity index (χ0) is 31.5. The number of anilines is 3. The van der Waals surface area contributed by atoms with Crippen molar-refractivity contribution >= 4 is 48.6 Å². The Kier molecular flexibility index (Phi) is 6.58. The third-order valence-corrected chi connectivity index (χ3v) is 10.9. The molecule has 2 heteroatoms. The lowest BCUT2D eigenvalue weighted by atomic mass is 9.96. The van der Waals surface area contributed by atoms with Crippen molar-refractivity contribution in [1.29, 1.82) is 0 Å². The minimum absolute atomic E-state index is 0.938. The number of hydrogen-bond donors (Lipinski definition) is 0. The largest absolute Gasteiger partial charge is 0.310 e. The number of aryl methyl sites for hydroxylation is 2. The molecule has 47 heavy (non-hydrogen) atoms. The molecule has 1 heterocycles. The second-order valence-corrected chi connectivity index (χ2v) is 13.8. The number of hydrogen-bond acceptors (Lipinski definition) is 2. The van der Waals surface area contributed by atoms with Crippen molar-refractivity contribution in [3.8, 4) is 33.4 Å². The van der Waals surface area contributed by atoms with Crippen LogP contribution in [-0.2, 0) is 6.42 Å². The number of fused-ring (bicyclic) bond motifs is 6. The molecule has 1 aromatic heterocycles. The average Bonchev–Trinajstić information content (AvgIpc) is 3.66. The predicted octanol–water partition coefficient (Wildman–Crippen LogP) is 13.0. The maximum Gasteiger partial charge on any atom is 0.0476 e. The van der Waals surface area contributed by atoms with Gasteiger partial charge in [-0.3, -0.25) is 0 Å². The van der Waals surface area contributed by atoms with Gasteiger partial charge >= 0.3 is 0 Å². The van der Waals surface area contributed by atoms with Crippen molar-refractivity contribution in [1.82, 2.24) is 0 Å². The van der Waals surface area contributed by atoms with Crippen LogP contribution in [0.2, 0.25) is 0 Å². The van der Waals surface area contributed by atoms with Crippen LogP contribution in [0.3, 0.4) is 0 Å². The molecule has 7 aromatic carbocycles. The zero-order valence-electron chi connectivity index (χ0n) is 26.5. The van der Waals surface area contributed by atoms with Gasteiger partial charge in [0.1, 0.15) is 0 Å². The molecule has 0 atom stereocenters. The molecule has 0 spiro atoms. The monoisotopic (exact) mass is 619 g/mol. The smallest absolute Gasteiger partial charge is 0.0476 e. The maximum atomic E-state index is 2.44. The lowest BCUT2D eigenvalue weighted by molar-refractivity contribution is 1.23. The molecule has 0 aliphatic heterocycles. The Bertz CT molecular complexity index is 2470. The van der Waals surface area contributed by atoms with E-state index in [-0.39, 0.29) is 0 Å². The summed E-state index contributed by atoms with van der Waals surface area (Å²) in [6, 6.07) is 56.0. The Morgan fingerprint density at radius 3 is 1.87 bits per heavy atom. The Labute approximate surface area is 280 Å². The second-order valence-electron chi connectivity index (χ2n) is 12.7. The van der Waals surface area contributed by atoms with E-state index in [0.717, 1.165) is 6.42 Å². The van der Waals surface area contributed by atoms with E-state index in [9.17, 15) is 0 Å². The molecule has 1 nitrogen and oxygen atoms in total. The van der Waals surface area contributed by atoms with Crippen LogP contribution >= 0.6 is 11.3 Å². The summed E-state index contributed by atoms with van der Waals surface area (Å²) >= 11 is 1.87. The van der Waals surface area contributed by atoms with Crippen molar-refractivity contribution in [3.63, 3.8) is 0 Å². The summed E-state index contributed by atoms with van der Waals surface area (Å²) in [5, 5.41) is 2.65. The molecule has 0 fully saturated rings. The van der Waals surface area contributed by atoms with Crippen LogP contribution in [0.25, 0.3) is 53.6 Å². The van der Waals surface area contributed by atoms with Gasteiger partial charge in [-0.05, 0) is 118 Å². The van der Waals surface area contributed by atoms with Gasteiger partial charge in [-0.25, -0.2) is 0 Å². The Morgan fingerprint density at radius 2 is 1.04 bits per heavy atom. The minimum atomic E-state index is 0.938. The van der Waals surface area contributed by atoms with E-state index in [1.165, 1.54) is 92.9 Å². The first-order valence-corrected chi connectivity index (χ1v) is 17.1. The molecule has 0 unspecified atom stereocenters. The maximum absolute atomic E-state index is 2.44. The molecule has 0 bridgehead atoms. The average molecular weight is 620 g/mol. The molecular formula is C45H33NS. The van der Waals surface area contributed by atoms with Crippen molar-refractivity contribution in [2.75, 3.05) is 4.90 Å². The van der Waals surface area contributed by atoms with Crippen LogP contribution in [-0.4, -0.2) is 0 Å². The fraction of sp³-hybridized carbons (Fsp3) is 0.0667. The highest BCUT2D eigenvalue weighted by Gasteiger charge is 2.22. The van der Waals surface area contributed by atoms with Crippen molar-refractivity contribution in [3.05, 3.63) is 174 Å². The Balaban J connectivity index is 1.16. The Morgan fingerprint density at radius 1 is 0.426 bits per heavy atom. The first-order valence-electron chi connectivity index (χ1n) is 16.3. The van der Waals surface area contributed by atoms with Crippen LogP contribution in [0.5, 0.6) is 0 Å². The predicted molar refractivity (Wildman–Crippen MR) is 203 cm³/mol. The lowest BCUT2D eigenvalue weighted by Crippen LogP contribution is -2.10. The number of rotatable bonds is 5. The molecule has 8 aromatic rings. The molecule has 0 N–H and O–H groups in total. The summed E-state index contributed by atoms with van der Waals surface area (Å²) in [4.78, 5) is 2.44. The summed E-state index contributed by atoms with van der Waals surface area (Å²) in [5.74, 6) is 0. The highest BCUT2D eigenvalue weighted by molar-refractivity contribution is 7.25. The van der Waals surface area contributed by atoms with Crippen LogP contribution in [0, 0.1) is 13.8 Å². The summed E-state index contributed by atoms with van der Waals surface area (Å²) in [5.41, 5.74) is 16.7. The molecule has 1 aliphatic rings. The van der Waals surface area contributed by atoms with E-state index in [4.69, 9.17) is 0 Å². The molecular weight excluding hydrogens is 587 g/mol. The van der Waals surface area contributed by atoms with Crippen LogP contribution in [0.15, 0.2) is 152 Å². The molecule has 9 rings (SSSR count). The van der Waals surface area contributed by atoms with Gasteiger partial charge in [0.25, 0.3) is 0 Å².